The summed E-state index contributed by atoms with van der Waals surface area (Å²) in [5.41, 5.74) is 1.67. The van der Waals surface area contributed by atoms with E-state index in [0.717, 1.165) is 17.5 Å². The maximum Gasteiger partial charge on any atom is 0.267 e. The van der Waals surface area contributed by atoms with Crippen LogP contribution in [0, 0.1) is 6.92 Å². The number of thioether (sulfide) groups is 1. The van der Waals surface area contributed by atoms with Gasteiger partial charge in [0.2, 0.25) is 11.2 Å². The molecule has 0 atom stereocenters. The molecule has 8 nitrogen and oxygen atoms in total. The summed E-state index contributed by atoms with van der Waals surface area (Å²) in [6.45, 7) is 1.94. The third kappa shape index (κ3) is 3.19. The van der Waals surface area contributed by atoms with E-state index in [2.05, 4.69) is 10.2 Å². The lowest BCUT2D eigenvalue weighted by Crippen LogP contribution is -2.22. The number of fused-ring (bicyclic) bond motifs is 3. The van der Waals surface area contributed by atoms with Crippen molar-refractivity contribution in [3.8, 4) is 11.4 Å². The first kappa shape index (κ1) is 19.1. The number of nitrogens with zero attached hydrogens (tertiary/aromatic N) is 4. The van der Waals surface area contributed by atoms with Crippen LogP contribution in [0.5, 0.6) is 5.75 Å². The van der Waals surface area contributed by atoms with Gasteiger partial charge in [0.15, 0.2) is 10.9 Å². The molecule has 0 unspecified atom stereocenters. The van der Waals surface area contributed by atoms with Crippen molar-refractivity contribution in [1.82, 2.24) is 19.2 Å². The lowest BCUT2D eigenvalue weighted by atomic mass is 10.2. The van der Waals surface area contributed by atoms with Crippen LogP contribution in [0.1, 0.15) is 11.3 Å². The van der Waals surface area contributed by atoms with Gasteiger partial charge >= 0.3 is 0 Å². The molecule has 0 aliphatic carbocycles. The quantitative estimate of drug-likeness (QED) is 0.435. The second kappa shape index (κ2) is 7.44. The van der Waals surface area contributed by atoms with Crippen LogP contribution in [0.3, 0.4) is 0 Å². The van der Waals surface area contributed by atoms with Crippen molar-refractivity contribution in [3.05, 3.63) is 92.8 Å². The van der Waals surface area contributed by atoms with E-state index in [1.165, 1.54) is 17.8 Å². The smallest absolute Gasteiger partial charge is 0.267 e. The topological polar surface area (TPSA) is 103 Å². The monoisotopic (exact) mass is 432 g/mol. The summed E-state index contributed by atoms with van der Waals surface area (Å²) in [6, 6.07) is 16.1. The van der Waals surface area contributed by atoms with Gasteiger partial charge in [-0.1, -0.05) is 42.1 Å². The third-order valence-corrected chi connectivity index (χ3v) is 5.91. The van der Waals surface area contributed by atoms with E-state index in [1.54, 1.807) is 10.6 Å². The summed E-state index contributed by atoms with van der Waals surface area (Å²) in [4.78, 5) is 25.0. The maximum absolute atomic E-state index is 13.4. The van der Waals surface area contributed by atoms with Crippen LogP contribution in [0.4, 0.5) is 0 Å². The van der Waals surface area contributed by atoms with E-state index < -0.39 is 11.2 Å². The fraction of sp³-hybridized carbons (Fsp3) is 0.0909. The van der Waals surface area contributed by atoms with Gasteiger partial charge in [-0.25, -0.2) is 4.57 Å². The molecule has 0 spiro atoms. The van der Waals surface area contributed by atoms with Crippen LogP contribution >= 0.6 is 11.8 Å². The summed E-state index contributed by atoms with van der Waals surface area (Å²) in [7, 11) is 0. The van der Waals surface area contributed by atoms with Gasteiger partial charge in [-0.2, -0.15) is 0 Å². The van der Waals surface area contributed by atoms with Crippen LogP contribution < -0.4 is 11.0 Å². The molecule has 154 valence electrons. The molecule has 0 saturated carbocycles. The first-order valence-corrected chi connectivity index (χ1v) is 10.4. The van der Waals surface area contributed by atoms with E-state index >= 15 is 0 Å². The Bertz CT molecular complexity index is 1570. The van der Waals surface area contributed by atoms with Crippen molar-refractivity contribution in [1.29, 1.82) is 0 Å². The zero-order valence-corrected chi connectivity index (χ0v) is 17.2. The highest BCUT2D eigenvalue weighted by Crippen LogP contribution is 2.26. The normalized spacial score (nSPS) is 11.4. The summed E-state index contributed by atoms with van der Waals surface area (Å²) in [5, 5.41) is 19.1. The molecular formula is C22H16N4O4S. The fourth-order valence-electron chi connectivity index (χ4n) is 3.46. The molecule has 0 amide bonds. The number of rotatable bonds is 4. The van der Waals surface area contributed by atoms with Crippen LogP contribution in [0.2, 0.25) is 0 Å². The van der Waals surface area contributed by atoms with Crippen molar-refractivity contribution < 1.29 is 9.52 Å². The van der Waals surface area contributed by atoms with Crippen molar-refractivity contribution in [3.63, 3.8) is 0 Å². The minimum absolute atomic E-state index is 0.175. The number of aryl methyl sites for hydroxylation is 1. The van der Waals surface area contributed by atoms with Crippen molar-refractivity contribution in [2.45, 2.75) is 17.8 Å². The standard InChI is InChI=1S/C22H16N4O4S/c1-13-6-2-4-8-16(13)25-20(29)15-7-3-5-9-17(15)26-21(25)23-24-22(26)31-12-14-10-18(27)19(28)11-30-14/h2-11,28H,12H2,1H3. The van der Waals surface area contributed by atoms with Crippen LogP contribution in [-0.2, 0) is 5.75 Å². The van der Waals surface area contributed by atoms with E-state index in [4.69, 9.17) is 4.42 Å². The molecule has 1 N–H and O–H groups in total. The van der Waals surface area contributed by atoms with Gasteiger partial charge in [-0.3, -0.25) is 14.0 Å². The molecule has 0 aliphatic heterocycles. The van der Waals surface area contributed by atoms with Crippen LogP contribution in [-0.4, -0.2) is 24.3 Å². The molecular weight excluding hydrogens is 416 g/mol. The molecule has 0 fully saturated rings. The van der Waals surface area contributed by atoms with Gasteiger partial charge in [0.05, 0.1) is 22.3 Å². The van der Waals surface area contributed by atoms with Crippen molar-refractivity contribution in [2.75, 3.05) is 0 Å². The summed E-state index contributed by atoms with van der Waals surface area (Å²) in [5.74, 6) is 0.650. The molecule has 0 radical (unpaired) electrons. The molecule has 5 aromatic rings. The Morgan fingerprint density at radius 2 is 1.84 bits per heavy atom. The van der Waals surface area contributed by atoms with Crippen molar-refractivity contribution in [2.24, 2.45) is 0 Å². The first-order valence-electron chi connectivity index (χ1n) is 9.43. The number of para-hydroxylation sites is 2. The lowest BCUT2D eigenvalue weighted by molar-refractivity contribution is 0.419. The Hall–Kier alpha value is -3.85. The second-order valence-corrected chi connectivity index (χ2v) is 7.89. The number of hydrogen-bond donors (Lipinski definition) is 1. The highest BCUT2D eigenvalue weighted by molar-refractivity contribution is 7.98. The van der Waals surface area contributed by atoms with Gasteiger partial charge in [0.25, 0.3) is 5.56 Å². The predicted octanol–water partition coefficient (Wildman–Crippen LogP) is 3.29. The fourth-order valence-corrected chi connectivity index (χ4v) is 4.29. The number of aromatic hydroxyl groups is 1. The molecule has 0 bridgehead atoms. The summed E-state index contributed by atoms with van der Waals surface area (Å²) in [6.07, 6.45) is 1.02. The molecule has 0 saturated heterocycles. The Kier molecular flexibility index (Phi) is 4.59. The maximum atomic E-state index is 13.4. The number of aromatic nitrogens is 4. The zero-order chi connectivity index (χ0) is 21.5. The predicted molar refractivity (Wildman–Crippen MR) is 117 cm³/mol. The SMILES string of the molecule is Cc1ccccc1-n1c(=O)c2ccccc2n2c(SCc3cc(=O)c(O)co3)nnc12. The average Bonchev–Trinajstić information content (AvgIpc) is 3.20. The Morgan fingerprint density at radius 3 is 2.65 bits per heavy atom. The largest absolute Gasteiger partial charge is 0.502 e. The second-order valence-electron chi connectivity index (χ2n) is 6.95. The van der Waals surface area contributed by atoms with E-state index in [-0.39, 0.29) is 5.56 Å². The Labute approximate surface area is 179 Å². The minimum atomic E-state index is -0.508. The molecule has 31 heavy (non-hydrogen) atoms. The first-order chi connectivity index (χ1) is 15.0. The lowest BCUT2D eigenvalue weighted by Gasteiger charge is -2.13. The molecule has 2 aromatic carbocycles. The zero-order valence-electron chi connectivity index (χ0n) is 16.3. The minimum Gasteiger partial charge on any atom is -0.502 e. The molecule has 9 heteroatoms. The number of benzene rings is 2. The highest BCUT2D eigenvalue weighted by Gasteiger charge is 2.19. The van der Waals surface area contributed by atoms with Crippen LogP contribution in [0.15, 0.2) is 80.0 Å². The highest BCUT2D eigenvalue weighted by atomic mass is 32.2. The van der Waals surface area contributed by atoms with E-state index in [1.807, 2.05) is 53.8 Å². The Balaban J connectivity index is 1.71. The third-order valence-electron chi connectivity index (χ3n) is 4.96. The summed E-state index contributed by atoms with van der Waals surface area (Å²) >= 11 is 1.31. The van der Waals surface area contributed by atoms with Gasteiger partial charge < -0.3 is 9.52 Å². The average molecular weight is 432 g/mol. The van der Waals surface area contributed by atoms with Gasteiger partial charge in [0, 0.05) is 6.07 Å². The molecule has 5 rings (SSSR count). The molecule has 0 aliphatic rings. The van der Waals surface area contributed by atoms with E-state index in [9.17, 15) is 14.7 Å². The number of hydrogen-bond acceptors (Lipinski definition) is 7. The molecule has 3 aromatic heterocycles. The van der Waals surface area contributed by atoms with Gasteiger partial charge in [-0.15, -0.1) is 10.2 Å². The molecule has 3 heterocycles. The Morgan fingerprint density at radius 1 is 1.06 bits per heavy atom. The van der Waals surface area contributed by atoms with Crippen molar-refractivity contribution >= 4 is 28.4 Å². The summed E-state index contributed by atoms with van der Waals surface area (Å²) < 4.78 is 8.67. The van der Waals surface area contributed by atoms with Crippen LogP contribution in [0.25, 0.3) is 22.4 Å². The van der Waals surface area contributed by atoms with E-state index in [0.29, 0.717) is 33.4 Å². The van der Waals surface area contributed by atoms with Gasteiger partial charge in [-0.05, 0) is 30.7 Å². The van der Waals surface area contributed by atoms with Gasteiger partial charge in [0.1, 0.15) is 12.0 Å².